The van der Waals surface area contributed by atoms with Crippen LogP contribution >= 0.6 is 23.4 Å². The van der Waals surface area contributed by atoms with Crippen molar-refractivity contribution in [3.63, 3.8) is 0 Å². The van der Waals surface area contributed by atoms with Crippen LogP contribution in [-0.2, 0) is 0 Å². The maximum atomic E-state index is 9.93. The molecule has 1 fully saturated rings. The van der Waals surface area contributed by atoms with Gasteiger partial charge in [0, 0.05) is 17.5 Å². The average molecular weight is 355 g/mol. The van der Waals surface area contributed by atoms with Crippen molar-refractivity contribution in [1.29, 1.82) is 0 Å². The summed E-state index contributed by atoms with van der Waals surface area (Å²) in [5, 5.41) is 29.5. The van der Waals surface area contributed by atoms with Gasteiger partial charge in [-0.25, -0.2) is 4.98 Å². The van der Waals surface area contributed by atoms with E-state index >= 15 is 0 Å². The van der Waals surface area contributed by atoms with E-state index in [0.717, 1.165) is 5.56 Å². The summed E-state index contributed by atoms with van der Waals surface area (Å²) in [7, 11) is 0. The number of halogens is 1. The van der Waals surface area contributed by atoms with Crippen molar-refractivity contribution < 1.29 is 20.1 Å². The molecule has 0 aliphatic carbocycles. The van der Waals surface area contributed by atoms with Gasteiger partial charge in [-0.15, -0.1) is 11.8 Å². The zero-order chi connectivity index (χ0) is 16.4. The molecule has 0 amide bonds. The quantitative estimate of drug-likeness (QED) is 0.715. The van der Waals surface area contributed by atoms with Gasteiger partial charge in [0.2, 0.25) is 0 Å². The summed E-state index contributed by atoms with van der Waals surface area (Å²) in [6, 6.07) is 6.99. The molecule has 0 saturated carbocycles. The Kier molecular flexibility index (Phi) is 5.03. The molecule has 3 heterocycles. The molecule has 0 radical (unpaired) electrons. The number of nitrogens with zero attached hydrogens (tertiary/aromatic N) is 2. The SMILES string of the molecule is O[C@@H]1[C@@H](O)[C@H](Oc2ccc(-c3ccc(Cl)nc3)nc2)SC[C@H]1O. The van der Waals surface area contributed by atoms with Gasteiger partial charge >= 0.3 is 0 Å². The van der Waals surface area contributed by atoms with Crippen LogP contribution in [0.2, 0.25) is 5.15 Å². The fourth-order valence-corrected chi connectivity index (χ4v) is 3.40. The molecule has 0 spiro atoms. The molecule has 0 aromatic carbocycles. The second-order valence-electron chi connectivity index (χ2n) is 5.12. The molecule has 1 aliphatic heterocycles. The number of thioether (sulfide) groups is 1. The summed E-state index contributed by atoms with van der Waals surface area (Å²) in [4.78, 5) is 8.30. The average Bonchev–Trinajstić information content (AvgIpc) is 2.57. The maximum Gasteiger partial charge on any atom is 0.173 e. The van der Waals surface area contributed by atoms with E-state index in [4.69, 9.17) is 16.3 Å². The van der Waals surface area contributed by atoms with Crippen LogP contribution < -0.4 is 4.74 Å². The maximum absolute atomic E-state index is 9.93. The van der Waals surface area contributed by atoms with Gasteiger partial charge in [-0.05, 0) is 24.3 Å². The number of hydrogen-bond acceptors (Lipinski definition) is 7. The zero-order valence-corrected chi connectivity index (χ0v) is 13.5. The zero-order valence-electron chi connectivity index (χ0n) is 11.9. The van der Waals surface area contributed by atoms with Gasteiger partial charge in [-0.3, -0.25) is 4.98 Å². The summed E-state index contributed by atoms with van der Waals surface area (Å²) in [5.41, 5.74) is 0.888. The van der Waals surface area contributed by atoms with Gasteiger partial charge in [0.1, 0.15) is 23.1 Å². The molecule has 2 aromatic rings. The smallest absolute Gasteiger partial charge is 0.173 e. The van der Waals surface area contributed by atoms with Gasteiger partial charge in [0.25, 0.3) is 0 Å². The second-order valence-corrected chi connectivity index (χ2v) is 6.64. The van der Waals surface area contributed by atoms with E-state index in [0.29, 0.717) is 22.3 Å². The van der Waals surface area contributed by atoms with Crippen molar-refractivity contribution in [2.45, 2.75) is 23.7 Å². The van der Waals surface area contributed by atoms with Crippen LogP contribution in [0.1, 0.15) is 0 Å². The number of rotatable bonds is 3. The lowest BCUT2D eigenvalue weighted by Gasteiger charge is -2.34. The third-order valence-electron chi connectivity index (χ3n) is 3.47. The van der Waals surface area contributed by atoms with Crippen LogP contribution in [0, 0.1) is 0 Å². The highest BCUT2D eigenvalue weighted by atomic mass is 35.5. The fraction of sp³-hybridized carbons (Fsp3) is 0.333. The van der Waals surface area contributed by atoms with E-state index < -0.39 is 23.7 Å². The highest BCUT2D eigenvalue weighted by Crippen LogP contribution is 2.29. The monoisotopic (exact) mass is 354 g/mol. The highest BCUT2D eigenvalue weighted by molar-refractivity contribution is 7.99. The molecule has 2 aromatic heterocycles. The number of aliphatic hydroxyl groups is 3. The van der Waals surface area contributed by atoms with E-state index in [1.54, 1.807) is 24.4 Å². The number of pyridine rings is 2. The standard InChI is InChI=1S/C15H15ClN2O4S/c16-12-4-1-8(5-18-12)10-3-2-9(6-17-10)22-15-14(21)13(20)11(19)7-23-15/h1-6,11,13-15,19-21H,7H2/t11-,13+,14-,15-/m1/s1. The summed E-state index contributed by atoms with van der Waals surface area (Å²) in [6.45, 7) is 0. The summed E-state index contributed by atoms with van der Waals surface area (Å²) in [6.07, 6.45) is -0.163. The first-order valence-corrected chi connectivity index (χ1v) is 8.38. The molecule has 3 N–H and O–H groups in total. The van der Waals surface area contributed by atoms with Crippen LogP contribution in [0.4, 0.5) is 0 Å². The molecule has 1 saturated heterocycles. The van der Waals surface area contributed by atoms with Crippen molar-refractivity contribution in [3.8, 4) is 17.0 Å². The first-order valence-electron chi connectivity index (χ1n) is 6.95. The van der Waals surface area contributed by atoms with Crippen LogP contribution in [0.5, 0.6) is 5.75 Å². The molecule has 6 nitrogen and oxygen atoms in total. The Morgan fingerprint density at radius 1 is 1.04 bits per heavy atom. The van der Waals surface area contributed by atoms with Gasteiger partial charge in [0.15, 0.2) is 5.44 Å². The Balaban J connectivity index is 1.69. The number of ether oxygens (including phenoxy) is 1. The molecule has 1 aliphatic rings. The van der Waals surface area contributed by atoms with E-state index in [1.807, 2.05) is 6.07 Å². The molecule has 3 rings (SSSR count). The summed E-state index contributed by atoms with van der Waals surface area (Å²) in [5.74, 6) is 0.765. The van der Waals surface area contributed by atoms with Crippen LogP contribution in [-0.4, -0.2) is 54.8 Å². The normalized spacial score (nSPS) is 27.7. The van der Waals surface area contributed by atoms with Crippen LogP contribution in [0.25, 0.3) is 11.3 Å². The lowest BCUT2D eigenvalue weighted by molar-refractivity contribution is -0.0786. The number of hydrogen-bond donors (Lipinski definition) is 3. The highest BCUT2D eigenvalue weighted by Gasteiger charge is 2.38. The number of aromatic nitrogens is 2. The molecule has 23 heavy (non-hydrogen) atoms. The topological polar surface area (TPSA) is 95.7 Å². The van der Waals surface area contributed by atoms with Gasteiger partial charge in [-0.1, -0.05) is 11.6 Å². The molecular weight excluding hydrogens is 340 g/mol. The Labute approximate surface area is 142 Å². The Morgan fingerprint density at radius 3 is 2.52 bits per heavy atom. The predicted octanol–water partition coefficient (Wildman–Crippen LogP) is 1.33. The molecule has 0 bridgehead atoms. The summed E-state index contributed by atoms with van der Waals surface area (Å²) < 4.78 is 5.64. The van der Waals surface area contributed by atoms with Gasteiger partial charge < -0.3 is 20.1 Å². The van der Waals surface area contributed by atoms with E-state index in [2.05, 4.69) is 9.97 Å². The molecule has 4 atom stereocenters. The Hall–Kier alpha value is -1.38. The first-order chi connectivity index (χ1) is 11.0. The van der Waals surface area contributed by atoms with Crippen molar-refractivity contribution in [1.82, 2.24) is 9.97 Å². The van der Waals surface area contributed by atoms with Gasteiger partial charge in [-0.2, -0.15) is 0 Å². The lowest BCUT2D eigenvalue weighted by Crippen LogP contribution is -2.50. The van der Waals surface area contributed by atoms with Gasteiger partial charge in [0.05, 0.1) is 18.0 Å². The summed E-state index contributed by atoms with van der Waals surface area (Å²) >= 11 is 7.00. The Morgan fingerprint density at radius 2 is 1.87 bits per heavy atom. The van der Waals surface area contributed by atoms with E-state index in [1.165, 1.54) is 18.0 Å². The number of aliphatic hydroxyl groups excluding tert-OH is 3. The molecule has 122 valence electrons. The van der Waals surface area contributed by atoms with Crippen LogP contribution in [0.15, 0.2) is 36.7 Å². The minimum atomic E-state index is -1.21. The largest absolute Gasteiger partial charge is 0.475 e. The molecule has 8 heteroatoms. The predicted molar refractivity (Wildman–Crippen MR) is 87.4 cm³/mol. The first kappa shape index (κ1) is 16.5. The molecular formula is C15H15ClN2O4S. The van der Waals surface area contributed by atoms with Crippen molar-refractivity contribution in [2.75, 3.05) is 5.75 Å². The minimum absolute atomic E-state index is 0.296. The van der Waals surface area contributed by atoms with E-state index in [-0.39, 0.29) is 0 Å². The van der Waals surface area contributed by atoms with Crippen molar-refractivity contribution in [2.24, 2.45) is 0 Å². The Bertz CT molecular complexity index is 656. The lowest BCUT2D eigenvalue weighted by atomic mass is 10.1. The van der Waals surface area contributed by atoms with E-state index in [9.17, 15) is 15.3 Å². The molecule has 0 unspecified atom stereocenters. The second kappa shape index (κ2) is 7.02. The fourth-order valence-electron chi connectivity index (χ4n) is 2.17. The van der Waals surface area contributed by atoms with Crippen LogP contribution in [0.3, 0.4) is 0 Å². The third kappa shape index (κ3) is 3.76. The van der Waals surface area contributed by atoms with Crippen molar-refractivity contribution in [3.05, 3.63) is 41.8 Å². The minimum Gasteiger partial charge on any atom is -0.475 e. The van der Waals surface area contributed by atoms with Crippen molar-refractivity contribution >= 4 is 23.4 Å². The third-order valence-corrected chi connectivity index (χ3v) is 4.93.